The lowest BCUT2D eigenvalue weighted by atomic mass is 9.84. The van der Waals surface area contributed by atoms with Crippen LogP contribution in [0.1, 0.15) is 50.5 Å². The zero-order chi connectivity index (χ0) is 13.0. The summed E-state index contributed by atoms with van der Waals surface area (Å²) in [6.07, 6.45) is 5.59. The summed E-state index contributed by atoms with van der Waals surface area (Å²) in [5, 5.41) is 11.8. The van der Waals surface area contributed by atoms with Gasteiger partial charge in [-0.1, -0.05) is 31.4 Å². The zero-order valence-electron chi connectivity index (χ0n) is 10.9. The van der Waals surface area contributed by atoms with E-state index in [1.54, 1.807) is 0 Å². The number of anilines is 1. The van der Waals surface area contributed by atoms with Crippen molar-refractivity contribution in [2.75, 3.05) is 5.32 Å². The van der Waals surface area contributed by atoms with Crippen molar-refractivity contribution in [2.24, 2.45) is 0 Å². The van der Waals surface area contributed by atoms with Crippen molar-refractivity contribution in [3.8, 4) is 0 Å². The Morgan fingerprint density at radius 3 is 2.39 bits per heavy atom. The van der Waals surface area contributed by atoms with Gasteiger partial charge in [-0.2, -0.15) is 0 Å². The lowest BCUT2D eigenvalue weighted by Gasteiger charge is -2.22. The molecule has 3 heteroatoms. The number of carbonyl (C=O) groups is 1. The molecule has 3 nitrogen and oxygen atoms in total. The van der Waals surface area contributed by atoms with Crippen LogP contribution in [0.4, 0.5) is 5.69 Å². The SMILES string of the molecule is CC(O)C(=O)Nc1ccc(C2CCCCC2)cc1. The van der Waals surface area contributed by atoms with E-state index >= 15 is 0 Å². The van der Waals surface area contributed by atoms with Crippen LogP contribution in [0, 0.1) is 0 Å². The highest BCUT2D eigenvalue weighted by Gasteiger charge is 2.15. The van der Waals surface area contributed by atoms with E-state index in [0.717, 1.165) is 5.69 Å². The Morgan fingerprint density at radius 2 is 1.83 bits per heavy atom. The average molecular weight is 247 g/mol. The first-order valence-electron chi connectivity index (χ1n) is 6.75. The molecular weight excluding hydrogens is 226 g/mol. The van der Waals surface area contributed by atoms with E-state index in [4.69, 9.17) is 5.11 Å². The fourth-order valence-electron chi connectivity index (χ4n) is 2.52. The fraction of sp³-hybridized carbons (Fsp3) is 0.533. The third-order valence-electron chi connectivity index (χ3n) is 3.63. The summed E-state index contributed by atoms with van der Waals surface area (Å²) >= 11 is 0. The standard InChI is InChI=1S/C15H21NO2/c1-11(17)15(18)16-14-9-7-13(8-10-14)12-5-3-2-4-6-12/h7-12,17H,2-6H2,1H3,(H,16,18). The monoisotopic (exact) mass is 247 g/mol. The molecule has 1 atom stereocenters. The van der Waals surface area contributed by atoms with Gasteiger partial charge in [0, 0.05) is 5.69 Å². The van der Waals surface area contributed by atoms with Gasteiger partial charge in [0.15, 0.2) is 0 Å². The van der Waals surface area contributed by atoms with Gasteiger partial charge < -0.3 is 10.4 Å². The van der Waals surface area contributed by atoms with Crippen molar-refractivity contribution < 1.29 is 9.90 Å². The topological polar surface area (TPSA) is 49.3 Å². The van der Waals surface area contributed by atoms with Crippen molar-refractivity contribution >= 4 is 11.6 Å². The van der Waals surface area contributed by atoms with E-state index in [-0.39, 0.29) is 5.91 Å². The number of hydrogen-bond donors (Lipinski definition) is 2. The van der Waals surface area contributed by atoms with E-state index in [9.17, 15) is 4.79 Å². The molecule has 1 aliphatic carbocycles. The molecule has 98 valence electrons. The second-order valence-electron chi connectivity index (χ2n) is 5.12. The predicted octanol–water partition coefficient (Wildman–Crippen LogP) is 3.05. The second kappa shape index (κ2) is 6.01. The molecule has 1 aromatic rings. The quantitative estimate of drug-likeness (QED) is 0.862. The van der Waals surface area contributed by atoms with Crippen molar-refractivity contribution in [3.63, 3.8) is 0 Å². The molecule has 1 saturated carbocycles. The highest BCUT2D eigenvalue weighted by Crippen LogP contribution is 2.32. The Hall–Kier alpha value is -1.35. The van der Waals surface area contributed by atoms with E-state index in [1.165, 1.54) is 44.6 Å². The number of hydrogen-bond acceptors (Lipinski definition) is 2. The molecule has 0 aromatic heterocycles. The van der Waals surface area contributed by atoms with E-state index in [2.05, 4.69) is 17.4 Å². The van der Waals surface area contributed by atoms with Gasteiger partial charge >= 0.3 is 0 Å². The van der Waals surface area contributed by atoms with Crippen LogP contribution in [0.25, 0.3) is 0 Å². The molecule has 0 aliphatic heterocycles. The molecule has 2 N–H and O–H groups in total. The molecule has 0 radical (unpaired) electrons. The molecule has 18 heavy (non-hydrogen) atoms. The molecule has 1 unspecified atom stereocenters. The third-order valence-corrected chi connectivity index (χ3v) is 3.63. The first-order chi connectivity index (χ1) is 8.66. The van der Waals surface area contributed by atoms with Crippen LogP contribution in [0.15, 0.2) is 24.3 Å². The van der Waals surface area contributed by atoms with Gasteiger partial charge in [-0.25, -0.2) is 0 Å². The number of rotatable bonds is 3. The maximum Gasteiger partial charge on any atom is 0.252 e. The summed E-state index contributed by atoms with van der Waals surface area (Å²) in [4.78, 5) is 11.3. The third kappa shape index (κ3) is 3.33. The Labute approximate surface area is 108 Å². The Morgan fingerprint density at radius 1 is 1.22 bits per heavy atom. The summed E-state index contributed by atoms with van der Waals surface area (Å²) < 4.78 is 0. The largest absolute Gasteiger partial charge is 0.384 e. The molecule has 1 aromatic carbocycles. The molecule has 2 rings (SSSR count). The lowest BCUT2D eigenvalue weighted by molar-refractivity contribution is -0.123. The Bertz CT molecular complexity index is 391. The van der Waals surface area contributed by atoms with Gasteiger partial charge in [0.25, 0.3) is 5.91 Å². The number of benzene rings is 1. The van der Waals surface area contributed by atoms with Crippen LogP contribution < -0.4 is 5.32 Å². The Balaban J connectivity index is 1.98. The molecule has 1 amide bonds. The number of aliphatic hydroxyl groups is 1. The van der Waals surface area contributed by atoms with Crippen LogP contribution >= 0.6 is 0 Å². The van der Waals surface area contributed by atoms with E-state index in [1.807, 2.05) is 12.1 Å². The summed E-state index contributed by atoms with van der Waals surface area (Å²) in [6, 6.07) is 8.02. The predicted molar refractivity (Wildman–Crippen MR) is 72.6 cm³/mol. The molecule has 1 fully saturated rings. The maximum absolute atomic E-state index is 11.3. The van der Waals surface area contributed by atoms with Crippen LogP contribution in [-0.2, 0) is 4.79 Å². The van der Waals surface area contributed by atoms with Crippen molar-refractivity contribution in [3.05, 3.63) is 29.8 Å². The summed E-state index contributed by atoms with van der Waals surface area (Å²) in [5.41, 5.74) is 2.12. The minimum absolute atomic E-state index is 0.361. The molecule has 0 heterocycles. The number of nitrogens with one attached hydrogen (secondary N) is 1. The van der Waals surface area contributed by atoms with E-state index < -0.39 is 6.10 Å². The highest BCUT2D eigenvalue weighted by atomic mass is 16.3. The average Bonchev–Trinajstić information content (AvgIpc) is 2.40. The number of carbonyl (C=O) groups excluding carboxylic acids is 1. The van der Waals surface area contributed by atoms with Crippen molar-refractivity contribution in [1.82, 2.24) is 0 Å². The van der Waals surface area contributed by atoms with Gasteiger partial charge in [-0.3, -0.25) is 4.79 Å². The normalized spacial score (nSPS) is 18.3. The lowest BCUT2D eigenvalue weighted by Crippen LogP contribution is -2.24. The van der Waals surface area contributed by atoms with Gasteiger partial charge in [0.05, 0.1) is 0 Å². The zero-order valence-corrected chi connectivity index (χ0v) is 10.9. The van der Waals surface area contributed by atoms with Gasteiger partial charge in [0.1, 0.15) is 6.10 Å². The maximum atomic E-state index is 11.3. The minimum atomic E-state index is -0.969. The van der Waals surface area contributed by atoms with Crippen LogP contribution in [0.5, 0.6) is 0 Å². The Kier molecular flexibility index (Phi) is 4.37. The minimum Gasteiger partial charge on any atom is -0.384 e. The van der Waals surface area contributed by atoms with Crippen LogP contribution in [0.3, 0.4) is 0 Å². The van der Waals surface area contributed by atoms with Crippen molar-refractivity contribution in [1.29, 1.82) is 0 Å². The van der Waals surface area contributed by atoms with Crippen LogP contribution in [0.2, 0.25) is 0 Å². The van der Waals surface area contributed by atoms with Crippen LogP contribution in [-0.4, -0.2) is 17.1 Å². The summed E-state index contributed by atoms with van der Waals surface area (Å²) in [7, 11) is 0. The molecule has 0 spiro atoms. The molecule has 0 bridgehead atoms. The molecule has 1 aliphatic rings. The van der Waals surface area contributed by atoms with E-state index in [0.29, 0.717) is 5.92 Å². The summed E-state index contributed by atoms with van der Waals surface area (Å²) in [6.45, 7) is 1.46. The smallest absolute Gasteiger partial charge is 0.252 e. The number of amides is 1. The van der Waals surface area contributed by atoms with Gasteiger partial charge in [-0.05, 0) is 43.4 Å². The van der Waals surface area contributed by atoms with Crippen molar-refractivity contribution in [2.45, 2.75) is 51.0 Å². The van der Waals surface area contributed by atoms with Gasteiger partial charge in [0.2, 0.25) is 0 Å². The fourth-order valence-corrected chi connectivity index (χ4v) is 2.52. The first kappa shape index (κ1) is 13.1. The second-order valence-corrected chi connectivity index (χ2v) is 5.12. The number of aliphatic hydroxyl groups excluding tert-OH is 1. The molecule has 0 saturated heterocycles. The molecular formula is C15H21NO2. The summed E-state index contributed by atoms with van der Waals surface area (Å²) in [5.74, 6) is 0.320. The highest BCUT2D eigenvalue weighted by molar-refractivity contribution is 5.93. The van der Waals surface area contributed by atoms with Gasteiger partial charge in [-0.15, -0.1) is 0 Å². The first-order valence-corrected chi connectivity index (χ1v) is 6.75.